The molecule has 0 aromatic carbocycles. The Labute approximate surface area is 132 Å². The summed E-state index contributed by atoms with van der Waals surface area (Å²) >= 11 is 1.72. The summed E-state index contributed by atoms with van der Waals surface area (Å²) in [7, 11) is 2.18. The number of hydrogen-bond donors (Lipinski definition) is 0. The lowest BCUT2D eigenvalue weighted by Crippen LogP contribution is -2.31. The number of fused-ring (bicyclic) bond motifs is 2. The van der Waals surface area contributed by atoms with E-state index in [1.54, 1.807) is 17.7 Å². The van der Waals surface area contributed by atoms with Crippen molar-refractivity contribution in [3.63, 3.8) is 0 Å². The van der Waals surface area contributed by atoms with Gasteiger partial charge in [-0.2, -0.15) is 0 Å². The quantitative estimate of drug-likeness (QED) is 0.730. The second-order valence-corrected chi connectivity index (χ2v) is 7.12. The van der Waals surface area contributed by atoms with E-state index in [2.05, 4.69) is 37.9 Å². The topological polar surface area (TPSA) is 46.8 Å². The van der Waals surface area contributed by atoms with Crippen LogP contribution in [0.15, 0.2) is 17.8 Å². The Morgan fingerprint density at radius 3 is 3.05 bits per heavy atom. The lowest BCUT2D eigenvalue weighted by Gasteiger charge is -2.27. The first-order chi connectivity index (χ1) is 10.8. The second-order valence-electron chi connectivity index (χ2n) is 6.20. The maximum absolute atomic E-state index is 4.94. The molecule has 5 nitrogen and oxygen atoms in total. The molecule has 5 rings (SSSR count). The fourth-order valence-electron chi connectivity index (χ4n) is 3.44. The maximum atomic E-state index is 4.94. The Kier molecular flexibility index (Phi) is 2.59. The van der Waals surface area contributed by atoms with Gasteiger partial charge in [0.25, 0.3) is 0 Å². The molecule has 4 heterocycles. The van der Waals surface area contributed by atoms with Crippen molar-refractivity contribution in [1.82, 2.24) is 19.5 Å². The molecule has 1 aliphatic heterocycles. The average molecular weight is 311 g/mol. The molecular formula is C16H17N5S. The minimum atomic E-state index is 0.701. The molecule has 0 radical (unpaired) electrons. The van der Waals surface area contributed by atoms with E-state index in [1.807, 2.05) is 0 Å². The number of rotatable bonds is 2. The summed E-state index contributed by atoms with van der Waals surface area (Å²) in [4.78, 5) is 16.2. The Hall–Kier alpha value is -1.95. The minimum absolute atomic E-state index is 0.701. The van der Waals surface area contributed by atoms with Crippen LogP contribution in [0.1, 0.15) is 36.0 Å². The minimum Gasteiger partial charge on any atom is -0.349 e. The van der Waals surface area contributed by atoms with E-state index in [1.165, 1.54) is 34.8 Å². The molecule has 1 fully saturated rings. The van der Waals surface area contributed by atoms with Gasteiger partial charge in [0.2, 0.25) is 0 Å². The highest BCUT2D eigenvalue weighted by Crippen LogP contribution is 2.40. The normalized spacial score (nSPS) is 18.0. The Balaban J connectivity index is 1.54. The third-order valence-corrected chi connectivity index (χ3v) is 5.66. The molecular weight excluding hydrogens is 294 g/mol. The number of thiophene rings is 1. The van der Waals surface area contributed by atoms with Crippen molar-refractivity contribution in [3.05, 3.63) is 35.0 Å². The van der Waals surface area contributed by atoms with Crippen LogP contribution in [-0.2, 0) is 20.0 Å². The van der Waals surface area contributed by atoms with Crippen molar-refractivity contribution < 1.29 is 0 Å². The Morgan fingerprint density at radius 1 is 1.27 bits per heavy atom. The zero-order valence-corrected chi connectivity index (χ0v) is 13.3. The van der Waals surface area contributed by atoms with Crippen LogP contribution in [0.5, 0.6) is 0 Å². The predicted octanol–water partition coefficient (Wildman–Crippen LogP) is 2.86. The number of hydrogen-bond acceptors (Lipinski definition) is 5. The summed E-state index contributed by atoms with van der Waals surface area (Å²) in [6.07, 6.45) is 5.32. The zero-order valence-electron chi connectivity index (χ0n) is 12.5. The number of anilines is 1. The van der Waals surface area contributed by atoms with Gasteiger partial charge in [-0.3, -0.25) is 0 Å². The molecule has 0 saturated heterocycles. The van der Waals surface area contributed by atoms with Crippen LogP contribution in [0, 0.1) is 0 Å². The van der Waals surface area contributed by atoms with Crippen molar-refractivity contribution in [2.24, 2.45) is 7.05 Å². The van der Waals surface area contributed by atoms with Crippen LogP contribution >= 0.6 is 11.3 Å². The van der Waals surface area contributed by atoms with Crippen molar-refractivity contribution in [1.29, 1.82) is 0 Å². The van der Waals surface area contributed by atoms with E-state index in [-0.39, 0.29) is 0 Å². The van der Waals surface area contributed by atoms with E-state index in [9.17, 15) is 0 Å². The largest absolute Gasteiger partial charge is 0.349 e. The molecule has 0 bridgehead atoms. The first-order valence-corrected chi connectivity index (χ1v) is 8.67. The molecule has 1 saturated carbocycles. The molecule has 6 heteroatoms. The molecule has 1 aliphatic carbocycles. The third kappa shape index (κ3) is 1.80. The number of aromatic nitrogens is 4. The molecule has 0 spiro atoms. The van der Waals surface area contributed by atoms with Gasteiger partial charge < -0.3 is 9.47 Å². The predicted molar refractivity (Wildman–Crippen MR) is 87.4 cm³/mol. The van der Waals surface area contributed by atoms with Gasteiger partial charge in [-0.05, 0) is 24.3 Å². The van der Waals surface area contributed by atoms with Crippen LogP contribution in [-0.4, -0.2) is 26.1 Å². The molecule has 3 aromatic heterocycles. The number of imidazole rings is 1. The smallest absolute Gasteiger partial charge is 0.150 e. The molecule has 0 unspecified atom stereocenters. The summed E-state index contributed by atoms with van der Waals surface area (Å²) < 4.78 is 3.52. The average Bonchev–Trinajstić information content (AvgIpc) is 3.17. The molecule has 0 atom stereocenters. The summed E-state index contributed by atoms with van der Waals surface area (Å²) in [5.74, 6) is 3.05. The standard InChI is InChI=1S/C16H17N5S/c1-20-13-4-6-21(8-12(13)19-15(20)10-2-3-10)16-14-11(5-7-22-14)17-9-18-16/h5,7,9-10H,2-4,6,8H2,1H3. The highest BCUT2D eigenvalue weighted by Gasteiger charge is 2.32. The molecule has 112 valence electrons. The van der Waals surface area contributed by atoms with Gasteiger partial charge in [-0.1, -0.05) is 0 Å². The number of nitrogens with zero attached hydrogens (tertiary/aromatic N) is 5. The summed E-state index contributed by atoms with van der Waals surface area (Å²) in [5.41, 5.74) is 3.69. The van der Waals surface area contributed by atoms with Gasteiger partial charge in [-0.15, -0.1) is 11.3 Å². The molecule has 3 aromatic rings. The Bertz CT molecular complexity index is 861. The van der Waals surface area contributed by atoms with Crippen molar-refractivity contribution in [3.8, 4) is 0 Å². The molecule has 2 aliphatic rings. The van der Waals surface area contributed by atoms with Gasteiger partial charge in [0.1, 0.15) is 18.0 Å². The van der Waals surface area contributed by atoms with Crippen LogP contribution in [0.25, 0.3) is 10.2 Å². The van der Waals surface area contributed by atoms with Gasteiger partial charge in [0, 0.05) is 31.6 Å². The SMILES string of the molecule is Cn1c(C2CC2)nc2c1CCN(c1ncnc3ccsc13)C2. The van der Waals surface area contributed by atoms with E-state index in [0.29, 0.717) is 5.92 Å². The fourth-order valence-corrected chi connectivity index (χ4v) is 4.30. The lowest BCUT2D eigenvalue weighted by molar-refractivity contribution is 0.672. The van der Waals surface area contributed by atoms with Gasteiger partial charge >= 0.3 is 0 Å². The van der Waals surface area contributed by atoms with E-state index < -0.39 is 0 Å². The van der Waals surface area contributed by atoms with Crippen LogP contribution < -0.4 is 4.90 Å². The first-order valence-electron chi connectivity index (χ1n) is 7.79. The maximum Gasteiger partial charge on any atom is 0.150 e. The third-order valence-electron chi connectivity index (χ3n) is 4.76. The van der Waals surface area contributed by atoms with Gasteiger partial charge in [0.05, 0.1) is 22.5 Å². The van der Waals surface area contributed by atoms with Crippen molar-refractivity contribution >= 4 is 27.4 Å². The second kappa shape index (κ2) is 4.52. The van der Waals surface area contributed by atoms with Crippen molar-refractivity contribution in [2.75, 3.05) is 11.4 Å². The highest BCUT2D eigenvalue weighted by molar-refractivity contribution is 7.17. The van der Waals surface area contributed by atoms with Crippen LogP contribution in [0.3, 0.4) is 0 Å². The van der Waals surface area contributed by atoms with Gasteiger partial charge in [-0.25, -0.2) is 15.0 Å². The monoisotopic (exact) mass is 311 g/mol. The molecule has 22 heavy (non-hydrogen) atoms. The zero-order chi connectivity index (χ0) is 14.7. The summed E-state index contributed by atoms with van der Waals surface area (Å²) in [5, 5.41) is 2.09. The highest BCUT2D eigenvalue weighted by atomic mass is 32.1. The summed E-state index contributed by atoms with van der Waals surface area (Å²) in [6, 6.07) is 2.06. The molecule has 0 amide bonds. The van der Waals surface area contributed by atoms with E-state index >= 15 is 0 Å². The van der Waals surface area contributed by atoms with Crippen molar-refractivity contribution in [2.45, 2.75) is 31.7 Å². The Morgan fingerprint density at radius 2 is 2.18 bits per heavy atom. The molecule has 0 N–H and O–H groups in total. The van der Waals surface area contributed by atoms with E-state index in [0.717, 1.165) is 30.8 Å². The van der Waals surface area contributed by atoms with Crippen LogP contribution in [0.4, 0.5) is 5.82 Å². The first kappa shape index (κ1) is 12.6. The van der Waals surface area contributed by atoms with Crippen LogP contribution in [0.2, 0.25) is 0 Å². The van der Waals surface area contributed by atoms with Gasteiger partial charge in [0.15, 0.2) is 0 Å². The lowest BCUT2D eigenvalue weighted by atomic mass is 10.1. The fraction of sp³-hybridized carbons (Fsp3) is 0.438. The summed E-state index contributed by atoms with van der Waals surface area (Å²) in [6.45, 7) is 1.86. The van der Waals surface area contributed by atoms with E-state index in [4.69, 9.17) is 4.98 Å².